The molecule has 0 N–H and O–H groups in total. The van der Waals surface area contributed by atoms with Gasteiger partial charge in [-0.05, 0) is 25.1 Å². The number of ether oxygens (including phenoxy) is 1. The summed E-state index contributed by atoms with van der Waals surface area (Å²) in [6, 6.07) is 7.44. The fourth-order valence-electron chi connectivity index (χ4n) is 2.23. The Labute approximate surface area is 94.2 Å². The quantitative estimate of drug-likeness (QED) is 0.661. The Morgan fingerprint density at radius 2 is 2.06 bits per heavy atom. The van der Waals surface area contributed by atoms with Crippen LogP contribution in [0.25, 0.3) is 0 Å². The molecule has 2 unspecified atom stereocenters. The van der Waals surface area contributed by atoms with Gasteiger partial charge in [0.2, 0.25) is 0 Å². The maximum atomic E-state index is 12.2. The molecule has 2 heteroatoms. The fourth-order valence-corrected chi connectivity index (χ4v) is 2.23. The van der Waals surface area contributed by atoms with Crippen LogP contribution in [0.15, 0.2) is 48.1 Å². The third kappa shape index (κ3) is 1.30. The van der Waals surface area contributed by atoms with E-state index in [1.165, 1.54) is 0 Å². The van der Waals surface area contributed by atoms with Crippen LogP contribution in [0.1, 0.15) is 17.3 Å². The molecule has 0 bridgehead atoms. The lowest BCUT2D eigenvalue weighted by Gasteiger charge is -2.31. The standard InChI is InChI=1S/C14H12O2/c1-9-6-7-11-13(8-9)16-12-5-3-2-4-10(12)14(11)15/h2-8,11,13H,1H3. The first-order valence-corrected chi connectivity index (χ1v) is 5.42. The van der Waals surface area contributed by atoms with Crippen LogP contribution in [-0.4, -0.2) is 11.9 Å². The van der Waals surface area contributed by atoms with Gasteiger partial charge in [0, 0.05) is 0 Å². The van der Waals surface area contributed by atoms with Gasteiger partial charge in [-0.15, -0.1) is 0 Å². The number of para-hydroxylation sites is 1. The fraction of sp³-hybridized carbons (Fsp3) is 0.214. The minimum atomic E-state index is -0.154. The van der Waals surface area contributed by atoms with Crippen molar-refractivity contribution >= 4 is 5.78 Å². The number of Topliss-reactive ketones (excluding diaryl/α,β-unsaturated/α-hetero) is 1. The number of hydrogen-bond acceptors (Lipinski definition) is 2. The van der Waals surface area contributed by atoms with Gasteiger partial charge in [0.05, 0.1) is 11.5 Å². The summed E-state index contributed by atoms with van der Waals surface area (Å²) in [4.78, 5) is 12.2. The molecule has 0 radical (unpaired) electrons. The minimum Gasteiger partial charge on any atom is -0.484 e. The summed E-state index contributed by atoms with van der Waals surface area (Å²) in [5.41, 5.74) is 1.84. The van der Waals surface area contributed by atoms with Crippen molar-refractivity contribution in [3.63, 3.8) is 0 Å². The summed E-state index contributed by atoms with van der Waals surface area (Å²) in [6.45, 7) is 2.01. The zero-order valence-electron chi connectivity index (χ0n) is 9.01. The average Bonchev–Trinajstić information content (AvgIpc) is 2.29. The van der Waals surface area contributed by atoms with Gasteiger partial charge in [-0.25, -0.2) is 0 Å². The SMILES string of the molecule is CC1=CC2Oc3ccccc3C(=O)C2C=C1. The molecule has 2 nitrogen and oxygen atoms in total. The monoisotopic (exact) mass is 212 g/mol. The zero-order valence-corrected chi connectivity index (χ0v) is 9.01. The molecule has 0 saturated heterocycles. The van der Waals surface area contributed by atoms with Crippen molar-refractivity contribution in [2.45, 2.75) is 13.0 Å². The lowest BCUT2D eigenvalue weighted by atomic mass is 9.85. The highest BCUT2D eigenvalue weighted by atomic mass is 16.5. The highest BCUT2D eigenvalue weighted by molar-refractivity contribution is 6.03. The van der Waals surface area contributed by atoms with E-state index < -0.39 is 0 Å². The maximum Gasteiger partial charge on any atom is 0.177 e. The maximum absolute atomic E-state index is 12.2. The smallest absolute Gasteiger partial charge is 0.177 e. The molecule has 1 aliphatic heterocycles. The van der Waals surface area contributed by atoms with Crippen molar-refractivity contribution in [3.05, 3.63) is 53.6 Å². The molecule has 2 atom stereocenters. The second-order valence-electron chi connectivity index (χ2n) is 4.24. The molecule has 0 saturated carbocycles. The van der Waals surface area contributed by atoms with Gasteiger partial charge >= 0.3 is 0 Å². The van der Waals surface area contributed by atoms with E-state index in [0.717, 1.165) is 5.57 Å². The third-order valence-electron chi connectivity index (χ3n) is 3.07. The summed E-state index contributed by atoms with van der Waals surface area (Å²) in [6.07, 6.45) is 5.81. The molecule has 16 heavy (non-hydrogen) atoms. The van der Waals surface area contributed by atoms with E-state index in [1.54, 1.807) is 0 Å². The van der Waals surface area contributed by atoms with Crippen LogP contribution < -0.4 is 4.74 Å². The predicted molar refractivity (Wildman–Crippen MR) is 61.6 cm³/mol. The number of carbonyl (C=O) groups is 1. The Bertz CT molecular complexity index is 511. The second-order valence-corrected chi connectivity index (χ2v) is 4.24. The number of fused-ring (bicyclic) bond motifs is 2. The molecule has 0 amide bonds. The number of hydrogen-bond donors (Lipinski definition) is 0. The van der Waals surface area contributed by atoms with Gasteiger partial charge in [0.1, 0.15) is 11.9 Å². The van der Waals surface area contributed by atoms with Gasteiger partial charge in [-0.2, -0.15) is 0 Å². The Morgan fingerprint density at radius 1 is 1.25 bits per heavy atom. The van der Waals surface area contributed by atoms with Gasteiger partial charge in [0.25, 0.3) is 0 Å². The van der Waals surface area contributed by atoms with Gasteiger partial charge in [-0.1, -0.05) is 29.9 Å². The van der Waals surface area contributed by atoms with E-state index in [2.05, 4.69) is 0 Å². The zero-order chi connectivity index (χ0) is 11.1. The first-order chi connectivity index (χ1) is 7.75. The summed E-state index contributed by atoms with van der Waals surface area (Å²) in [5.74, 6) is 0.707. The highest BCUT2D eigenvalue weighted by Crippen LogP contribution is 2.34. The van der Waals surface area contributed by atoms with Crippen molar-refractivity contribution in [1.82, 2.24) is 0 Å². The van der Waals surface area contributed by atoms with Crippen molar-refractivity contribution in [2.75, 3.05) is 0 Å². The van der Waals surface area contributed by atoms with Crippen LogP contribution in [0.4, 0.5) is 0 Å². The van der Waals surface area contributed by atoms with E-state index >= 15 is 0 Å². The molecular weight excluding hydrogens is 200 g/mol. The molecule has 1 heterocycles. The molecule has 1 aliphatic carbocycles. The summed E-state index contributed by atoms with van der Waals surface area (Å²) in [7, 11) is 0. The van der Waals surface area contributed by atoms with Crippen LogP contribution in [0.5, 0.6) is 5.75 Å². The topological polar surface area (TPSA) is 26.3 Å². The minimum absolute atomic E-state index is 0.132. The average molecular weight is 212 g/mol. The number of ketones is 1. The number of benzene rings is 1. The van der Waals surface area contributed by atoms with E-state index in [-0.39, 0.29) is 17.8 Å². The second kappa shape index (κ2) is 3.34. The Hall–Kier alpha value is -1.83. The summed E-state index contributed by atoms with van der Waals surface area (Å²) < 4.78 is 5.83. The van der Waals surface area contributed by atoms with Crippen molar-refractivity contribution in [3.8, 4) is 5.75 Å². The normalized spacial score (nSPS) is 26.6. The lowest BCUT2D eigenvalue weighted by molar-refractivity contribution is 0.0806. The van der Waals surface area contributed by atoms with E-state index in [4.69, 9.17) is 4.74 Å². The molecule has 0 aromatic heterocycles. The molecule has 0 fully saturated rings. The third-order valence-corrected chi connectivity index (χ3v) is 3.07. The first kappa shape index (κ1) is 9.40. The van der Waals surface area contributed by atoms with Gasteiger partial charge < -0.3 is 4.74 Å². The van der Waals surface area contributed by atoms with Crippen molar-refractivity contribution < 1.29 is 9.53 Å². The van der Waals surface area contributed by atoms with E-state index in [9.17, 15) is 4.79 Å². The molecule has 3 rings (SSSR count). The Morgan fingerprint density at radius 3 is 2.94 bits per heavy atom. The molecular formula is C14H12O2. The van der Waals surface area contributed by atoms with E-state index in [1.807, 2.05) is 49.4 Å². The van der Waals surface area contributed by atoms with Crippen LogP contribution in [0, 0.1) is 5.92 Å². The Balaban J connectivity index is 2.09. The van der Waals surface area contributed by atoms with Crippen molar-refractivity contribution in [2.24, 2.45) is 5.92 Å². The predicted octanol–water partition coefficient (Wildman–Crippen LogP) is 2.76. The Kier molecular flexibility index (Phi) is 1.96. The van der Waals surface area contributed by atoms with Gasteiger partial charge in [0.15, 0.2) is 5.78 Å². The molecule has 80 valence electrons. The van der Waals surface area contributed by atoms with Crippen LogP contribution in [-0.2, 0) is 0 Å². The first-order valence-electron chi connectivity index (χ1n) is 5.42. The number of rotatable bonds is 0. The number of allylic oxidation sites excluding steroid dienone is 2. The summed E-state index contributed by atoms with van der Waals surface area (Å²) >= 11 is 0. The highest BCUT2D eigenvalue weighted by Gasteiger charge is 2.35. The molecule has 0 spiro atoms. The van der Waals surface area contributed by atoms with Crippen LogP contribution in [0.3, 0.4) is 0 Å². The van der Waals surface area contributed by atoms with Crippen molar-refractivity contribution in [1.29, 1.82) is 0 Å². The lowest BCUT2D eigenvalue weighted by Crippen LogP contribution is -2.36. The van der Waals surface area contributed by atoms with Gasteiger partial charge in [-0.3, -0.25) is 4.79 Å². The molecule has 2 aliphatic rings. The largest absolute Gasteiger partial charge is 0.484 e. The van der Waals surface area contributed by atoms with E-state index in [0.29, 0.717) is 11.3 Å². The van der Waals surface area contributed by atoms with Crippen LogP contribution in [0.2, 0.25) is 0 Å². The number of carbonyl (C=O) groups excluding carboxylic acids is 1. The molecule has 1 aromatic carbocycles. The van der Waals surface area contributed by atoms with Crippen LogP contribution >= 0.6 is 0 Å². The summed E-state index contributed by atoms with van der Waals surface area (Å²) in [5, 5.41) is 0. The molecule has 1 aromatic rings.